The number of ether oxygens (including phenoxy) is 1. The Kier molecular flexibility index (Phi) is 4.81. The van der Waals surface area contributed by atoms with Crippen LogP contribution in [0.1, 0.15) is 50.8 Å². The van der Waals surface area contributed by atoms with Gasteiger partial charge in [-0.1, -0.05) is 26.0 Å². The molecule has 0 aliphatic carbocycles. The topological polar surface area (TPSA) is 35.2 Å². The summed E-state index contributed by atoms with van der Waals surface area (Å²) in [6, 6.07) is 6.28. The quantitative estimate of drug-likeness (QED) is 0.824. The number of aryl methyl sites for hydroxylation is 1. The summed E-state index contributed by atoms with van der Waals surface area (Å²) in [4.78, 5) is 0. The summed E-state index contributed by atoms with van der Waals surface area (Å²) in [6.45, 7) is 8.37. The maximum atomic E-state index is 5.94. The van der Waals surface area contributed by atoms with Gasteiger partial charge in [0.1, 0.15) is 5.75 Å². The minimum atomic E-state index is 0.0842. The van der Waals surface area contributed by atoms with Crippen molar-refractivity contribution in [3.63, 3.8) is 0 Å². The van der Waals surface area contributed by atoms with Gasteiger partial charge in [0.05, 0.1) is 6.10 Å². The summed E-state index contributed by atoms with van der Waals surface area (Å²) < 4.78 is 5.94. The van der Waals surface area contributed by atoms with Crippen molar-refractivity contribution in [1.29, 1.82) is 0 Å². The molecule has 0 heterocycles. The Morgan fingerprint density at radius 3 is 2.31 bits per heavy atom. The number of nitrogens with two attached hydrogens (primary N) is 1. The molecule has 1 rings (SSSR count). The fraction of sp³-hybridized carbons (Fsp3) is 0.571. The largest absolute Gasteiger partial charge is 0.490 e. The summed E-state index contributed by atoms with van der Waals surface area (Å²) >= 11 is 0. The van der Waals surface area contributed by atoms with Crippen molar-refractivity contribution >= 4 is 0 Å². The lowest BCUT2D eigenvalue weighted by Gasteiger charge is -2.18. The van der Waals surface area contributed by atoms with Crippen molar-refractivity contribution in [2.45, 2.75) is 52.7 Å². The molecule has 1 aromatic carbocycles. The molecule has 16 heavy (non-hydrogen) atoms. The SMILES string of the molecule is CCC(CC)Oc1ccc([C@H](C)N)cc1C. The number of hydrogen-bond acceptors (Lipinski definition) is 2. The smallest absolute Gasteiger partial charge is 0.122 e. The Labute approximate surface area is 98.8 Å². The molecule has 0 aliphatic heterocycles. The van der Waals surface area contributed by atoms with E-state index in [0.29, 0.717) is 6.10 Å². The van der Waals surface area contributed by atoms with Crippen LogP contribution in [0.5, 0.6) is 5.75 Å². The Hall–Kier alpha value is -1.02. The minimum Gasteiger partial charge on any atom is -0.490 e. The van der Waals surface area contributed by atoms with E-state index >= 15 is 0 Å². The molecule has 2 N–H and O–H groups in total. The second-order valence-electron chi connectivity index (χ2n) is 4.37. The highest BCUT2D eigenvalue weighted by atomic mass is 16.5. The zero-order chi connectivity index (χ0) is 12.1. The predicted octanol–water partition coefficient (Wildman–Crippen LogP) is 3.58. The molecule has 0 amide bonds. The van der Waals surface area contributed by atoms with Gasteiger partial charge in [0.2, 0.25) is 0 Å². The zero-order valence-corrected chi connectivity index (χ0v) is 10.8. The van der Waals surface area contributed by atoms with E-state index in [-0.39, 0.29) is 6.04 Å². The molecule has 0 saturated carbocycles. The van der Waals surface area contributed by atoms with Gasteiger partial charge in [0, 0.05) is 6.04 Å². The normalized spacial score (nSPS) is 12.9. The summed E-state index contributed by atoms with van der Waals surface area (Å²) in [7, 11) is 0. The molecule has 0 saturated heterocycles. The van der Waals surface area contributed by atoms with E-state index in [4.69, 9.17) is 10.5 Å². The van der Waals surface area contributed by atoms with Crippen LogP contribution in [-0.4, -0.2) is 6.10 Å². The maximum Gasteiger partial charge on any atom is 0.122 e. The number of benzene rings is 1. The van der Waals surface area contributed by atoms with Crippen molar-refractivity contribution in [3.05, 3.63) is 29.3 Å². The molecule has 0 aliphatic rings. The first kappa shape index (κ1) is 13.0. The monoisotopic (exact) mass is 221 g/mol. The molecule has 2 heteroatoms. The first-order chi connectivity index (χ1) is 7.58. The predicted molar refractivity (Wildman–Crippen MR) is 68.8 cm³/mol. The zero-order valence-electron chi connectivity index (χ0n) is 10.8. The highest BCUT2D eigenvalue weighted by Gasteiger charge is 2.08. The molecule has 1 atom stereocenters. The molecule has 0 unspecified atom stereocenters. The van der Waals surface area contributed by atoms with Gasteiger partial charge in [-0.2, -0.15) is 0 Å². The lowest BCUT2D eigenvalue weighted by Crippen LogP contribution is -2.14. The first-order valence-electron chi connectivity index (χ1n) is 6.11. The van der Waals surface area contributed by atoms with E-state index < -0.39 is 0 Å². The van der Waals surface area contributed by atoms with E-state index in [1.165, 1.54) is 5.56 Å². The molecule has 0 spiro atoms. The van der Waals surface area contributed by atoms with Crippen LogP contribution in [0, 0.1) is 6.92 Å². The van der Waals surface area contributed by atoms with Crippen LogP contribution in [0.2, 0.25) is 0 Å². The minimum absolute atomic E-state index is 0.0842. The molecule has 0 radical (unpaired) electrons. The lowest BCUT2D eigenvalue weighted by atomic mass is 10.1. The van der Waals surface area contributed by atoms with Crippen LogP contribution >= 0.6 is 0 Å². The van der Waals surface area contributed by atoms with Gasteiger partial charge in [-0.05, 0) is 43.9 Å². The number of hydrogen-bond donors (Lipinski definition) is 1. The van der Waals surface area contributed by atoms with Gasteiger partial charge < -0.3 is 10.5 Å². The summed E-state index contributed by atoms with van der Waals surface area (Å²) in [5.74, 6) is 0.984. The molecule has 0 bridgehead atoms. The molecular formula is C14H23NO. The van der Waals surface area contributed by atoms with Crippen LogP contribution in [0.25, 0.3) is 0 Å². The van der Waals surface area contributed by atoms with E-state index in [9.17, 15) is 0 Å². The van der Waals surface area contributed by atoms with Crippen molar-refractivity contribution in [3.8, 4) is 5.75 Å². The molecule has 1 aromatic rings. The molecule has 0 fully saturated rings. The molecule has 0 aromatic heterocycles. The van der Waals surface area contributed by atoms with Gasteiger partial charge in [0.15, 0.2) is 0 Å². The average molecular weight is 221 g/mol. The van der Waals surface area contributed by atoms with Crippen molar-refractivity contribution in [2.75, 3.05) is 0 Å². The average Bonchev–Trinajstić information content (AvgIpc) is 2.27. The van der Waals surface area contributed by atoms with Gasteiger partial charge in [0.25, 0.3) is 0 Å². The second kappa shape index (κ2) is 5.90. The molecule has 2 nitrogen and oxygen atoms in total. The van der Waals surface area contributed by atoms with E-state index in [1.54, 1.807) is 0 Å². The lowest BCUT2D eigenvalue weighted by molar-refractivity contribution is 0.191. The number of rotatable bonds is 5. The third-order valence-corrected chi connectivity index (χ3v) is 2.93. The van der Waals surface area contributed by atoms with Gasteiger partial charge in [-0.3, -0.25) is 0 Å². The maximum absolute atomic E-state index is 5.94. The third-order valence-electron chi connectivity index (χ3n) is 2.93. The standard InChI is InChI=1S/C14H23NO/c1-5-13(6-2)16-14-8-7-12(11(4)15)9-10(14)3/h7-9,11,13H,5-6,15H2,1-4H3/t11-/m0/s1. The fourth-order valence-electron chi connectivity index (χ4n) is 1.72. The van der Waals surface area contributed by atoms with Crippen LogP contribution in [0.4, 0.5) is 0 Å². The molecule has 90 valence electrons. The second-order valence-corrected chi connectivity index (χ2v) is 4.37. The fourth-order valence-corrected chi connectivity index (χ4v) is 1.72. The highest BCUT2D eigenvalue weighted by Crippen LogP contribution is 2.23. The van der Waals surface area contributed by atoms with Gasteiger partial charge in [-0.25, -0.2) is 0 Å². The molecular weight excluding hydrogens is 198 g/mol. The summed E-state index contributed by atoms with van der Waals surface area (Å²) in [6.07, 6.45) is 2.41. The van der Waals surface area contributed by atoms with Crippen molar-refractivity contribution in [1.82, 2.24) is 0 Å². The van der Waals surface area contributed by atoms with Crippen LogP contribution in [-0.2, 0) is 0 Å². The van der Waals surface area contributed by atoms with Crippen molar-refractivity contribution in [2.24, 2.45) is 5.73 Å². The Balaban J connectivity index is 2.82. The van der Waals surface area contributed by atoms with Crippen molar-refractivity contribution < 1.29 is 4.74 Å². The van der Waals surface area contributed by atoms with E-state index in [2.05, 4.69) is 32.9 Å². The first-order valence-corrected chi connectivity index (χ1v) is 6.11. The Bertz CT molecular complexity index is 330. The highest BCUT2D eigenvalue weighted by molar-refractivity contribution is 5.37. The van der Waals surface area contributed by atoms with Crippen LogP contribution in [0.15, 0.2) is 18.2 Å². The Morgan fingerprint density at radius 1 is 1.25 bits per heavy atom. The van der Waals surface area contributed by atoms with Crippen LogP contribution in [0.3, 0.4) is 0 Å². The summed E-state index contributed by atoms with van der Waals surface area (Å²) in [5, 5.41) is 0. The van der Waals surface area contributed by atoms with E-state index in [0.717, 1.165) is 24.2 Å². The van der Waals surface area contributed by atoms with Crippen LogP contribution < -0.4 is 10.5 Å². The van der Waals surface area contributed by atoms with E-state index in [1.807, 2.05) is 13.0 Å². The van der Waals surface area contributed by atoms with Gasteiger partial charge >= 0.3 is 0 Å². The summed E-state index contributed by atoms with van der Waals surface area (Å²) in [5.41, 5.74) is 8.18. The third kappa shape index (κ3) is 3.24. The van der Waals surface area contributed by atoms with Gasteiger partial charge in [-0.15, -0.1) is 0 Å². The Morgan fingerprint density at radius 2 is 1.88 bits per heavy atom.